The monoisotopic (exact) mass is 283 g/mol. The fourth-order valence-electron chi connectivity index (χ4n) is 2.41. The smallest absolute Gasteiger partial charge is 0.251 e. The normalized spacial score (nSPS) is 17.6. The van der Waals surface area contributed by atoms with Gasteiger partial charge in [-0.1, -0.05) is 29.5 Å². The molecule has 0 bridgehead atoms. The zero-order valence-electron chi connectivity index (χ0n) is 11.6. The van der Waals surface area contributed by atoms with Gasteiger partial charge in [-0.25, -0.2) is 0 Å². The zero-order chi connectivity index (χ0) is 14.5. The van der Waals surface area contributed by atoms with E-state index in [1.807, 2.05) is 24.3 Å². The molecule has 21 heavy (non-hydrogen) atoms. The highest BCUT2D eigenvalue weighted by Crippen LogP contribution is 2.12. The van der Waals surface area contributed by atoms with Crippen molar-refractivity contribution in [3.05, 3.63) is 53.4 Å². The van der Waals surface area contributed by atoms with Crippen molar-refractivity contribution in [2.45, 2.75) is 31.7 Å². The van der Waals surface area contributed by atoms with E-state index in [0.29, 0.717) is 17.8 Å². The highest BCUT2D eigenvalue weighted by Gasteiger charge is 2.14. The first kappa shape index (κ1) is 13.5. The summed E-state index contributed by atoms with van der Waals surface area (Å²) in [6.45, 7) is 0. The van der Waals surface area contributed by atoms with Crippen LogP contribution in [0.4, 0.5) is 0 Å². The second-order valence-electron chi connectivity index (χ2n) is 5.16. The lowest BCUT2D eigenvalue weighted by molar-refractivity contribution is 0.0934. The lowest BCUT2D eigenvalue weighted by Gasteiger charge is -2.19. The minimum absolute atomic E-state index is 0.0126. The molecule has 1 heterocycles. The lowest BCUT2D eigenvalue weighted by atomic mass is 10.0. The topological polar surface area (TPSA) is 83.6 Å². The summed E-state index contributed by atoms with van der Waals surface area (Å²) in [5.41, 5.74) is 1.73. The third-order valence-corrected chi connectivity index (χ3v) is 3.57. The number of H-pyrrole nitrogens is 1. The van der Waals surface area contributed by atoms with E-state index in [1.54, 1.807) is 0 Å². The number of carbonyl (C=O) groups excluding carboxylic acids is 1. The Bertz CT molecular complexity index is 618. The van der Waals surface area contributed by atoms with E-state index in [-0.39, 0.29) is 11.9 Å². The number of aromatic amines is 1. The number of rotatable bonds is 4. The first-order valence-corrected chi connectivity index (χ1v) is 7.08. The maximum atomic E-state index is 12.2. The van der Waals surface area contributed by atoms with Crippen LogP contribution in [0, 0.1) is 0 Å². The molecule has 0 spiro atoms. The number of tetrazole rings is 1. The molecule has 3 rings (SSSR count). The zero-order valence-corrected chi connectivity index (χ0v) is 11.6. The minimum Gasteiger partial charge on any atom is -0.349 e. The largest absolute Gasteiger partial charge is 0.349 e. The fourth-order valence-corrected chi connectivity index (χ4v) is 2.41. The molecule has 0 aliphatic heterocycles. The maximum Gasteiger partial charge on any atom is 0.251 e. The Morgan fingerprint density at radius 1 is 1.29 bits per heavy atom. The number of benzene rings is 1. The van der Waals surface area contributed by atoms with Gasteiger partial charge in [-0.15, -0.1) is 10.2 Å². The van der Waals surface area contributed by atoms with Crippen molar-refractivity contribution in [2.75, 3.05) is 0 Å². The van der Waals surface area contributed by atoms with Crippen molar-refractivity contribution < 1.29 is 4.79 Å². The Morgan fingerprint density at radius 3 is 2.81 bits per heavy atom. The Labute approximate surface area is 122 Å². The van der Waals surface area contributed by atoms with Crippen molar-refractivity contribution in [1.29, 1.82) is 0 Å². The molecule has 1 aromatic heterocycles. The number of aromatic nitrogens is 4. The molecule has 6 nitrogen and oxygen atoms in total. The summed E-state index contributed by atoms with van der Waals surface area (Å²) in [5, 5.41) is 16.8. The van der Waals surface area contributed by atoms with Crippen LogP contribution in [0.25, 0.3) is 0 Å². The molecule has 0 saturated carbocycles. The third-order valence-electron chi connectivity index (χ3n) is 3.57. The third kappa shape index (κ3) is 3.53. The molecule has 1 aliphatic rings. The van der Waals surface area contributed by atoms with Gasteiger partial charge in [0.1, 0.15) is 0 Å². The van der Waals surface area contributed by atoms with Crippen LogP contribution < -0.4 is 5.32 Å². The Hall–Kier alpha value is -2.50. The Balaban J connectivity index is 1.60. The quantitative estimate of drug-likeness (QED) is 0.835. The van der Waals surface area contributed by atoms with E-state index in [1.165, 1.54) is 0 Å². The molecule has 0 radical (unpaired) electrons. The standard InChI is InChI=1S/C15H17N5O/c21-15(16-13-4-2-1-3-5-13)12-8-6-11(7-9-12)10-14-17-19-20-18-14/h1-2,6-9,13H,3-5,10H2,(H,16,21)(H,17,18,19,20). The summed E-state index contributed by atoms with van der Waals surface area (Å²) in [5.74, 6) is 0.627. The van der Waals surface area contributed by atoms with E-state index in [2.05, 4.69) is 38.1 Å². The predicted molar refractivity (Wildman–Crippen MR) is 77.7 cm³/mol. The number of nitrogens with zero attached hydrogens (tertiary/aromatic N) is 3. The van der Waals surface area contributed by atoms with Crippen LogP contribution in [0.15, 0.2) is 36.4 Å². The molecule has 2 N–H and O–H groups in total. The van der Waals surface area contributed by atoms with Gasteiger partial charge < -0.3 is 5.32 Å². The number of hydrogen-bond donors (Lipinski definition) is 2. The van der Waals surface area contributed by atoms with Gasteiger partial charge >= 0.3 is 0 Å². The molecule has 0 fully saturated rings. The summed E-state index contributed by atoms with van der Waals surface area (Å²) in [4.78, 5) is 12.2. The van der Waals surface area contributed by atoms with Crippen LogP contribution >= 0.6 is 0 Å². The summed E-state index contributed by atoms with van der Waals surface area (Å²) in [7, 11) is 0. The first-order chi connectivity index (χ1) is 10.3. The van der Waals surface area contributed by atoms with E-state index in [0.717, 1.165) is 24.8 Å². The van der Waals surface area contributed by atoms with Crippen LogP contribution in [-0.4, -0.2) is 32.6 Å². The van der Waals surface area contributed by atoms with Crippen molar-refractivity contribution in [3.63, 3.8) is 0 Å². The van der Waals surface area contributed by atoms with Gasteiger partial charge in [0.15, 0.2) is 5.82 Å². The Morgan fingerprint density at radius 2 is 2.14 bits per heavy atom. The molecule has 6 heteroatoms. The van der Waals surface area contributed by atoms with Crippen LogP contribution in [0.5, 0.6) is 0 Å². The molecule has 1 aromatic carbocycles. The van der Waals surface area contributed by atoms with Gasteiger partial charge in [0.2, 0.25) is 0 Å². The van der Waals surface area contributed by atoms with Crippen molar-refractivity contribution in [1.82, 2.24) is 25.9 Å². The molecule has 1 unspecified atom stereocenters. The van der Waals surface area contributed by atoms with Gasteiger partial charge in [-0.2, -0.15) is 5.21 Å². The summed E-state index contributed by atoms with van der Waals surface area (Å²) in [6.07, 6.45) is 7.86. The minimum atomic E-state index is -0.0126. The maximum absolute atomic E-state index is 12.2. The number of amides is 1. The number of carbonyl (C=O) groups is 1. The molecule has 108 valence electrons. The molecule has 0 saturated heterocycles. The lowest BCUT2D eigenvalue weighted by Crippen LogP contribution is -2.35. The van der Waals surface area contributed by atoms with E-state index >= 15 is 0 Å². The summed E-state index contributed by atoms with van der Waals surface area (Å²) in [6, 6.07) is 7.77. The second kappa shape index (κ2) is 6.30. The van der Waals surface area contributed by atoms with Gasteiger partial charge in [-0.05, 0) is 37.0 Å². The average molecular weight is 283 g/mol. The van der Waals surface area contributed by atoms with Crippen LogP contribution in [-0.2, 0) is 6.42 Å². The SMILES string of the molecule is O=C(NC1CC=CCC1)c1ccc(Cc2nn[nH]n2)cc1. The number of nitrogens with one attached hydrogen (secondary N) is 2. The molecular formula is C15H17N5O. The molecule has 2 aromatic rings. The number of hydrogen-bond acceptors (Lipinski definition) is 4. The van der Waals surface area contributed by atoms with Gasteiger partial charge in [0.05, 0.1) is 0 Å². The Kier molecular flexibility index (Phi) is 4.04. The fraction of sp³-hybridized carbons (Fsp3) is 0.333. The average Bonchev–Trinajstić information content (AvgIpc) is 3.02. The van der Waals surface area contributed by atoms with Crippen LogP contribution in [0.1, 0.15) is 41.0 Å². The van der Waals surface area contributed by atoms with Crippen molar-refractivity contribution in [2.24, 2.45) is 0 Å². The van der Waals surface area contributed by atoms with Crippen LogP contribution in [0.2, 0.25) is 0 Å². The van der Waals surface area contributed by atoms with Crippen molar-refractivity contribution >= 4 is 5.91 Å². The van der Waals surface area contributed by atoms with Crippen molar-refractivity contribution in [3.8, 4) is 0 Å². The van der Waals surface area contributed by atoms with E-state index < -0.39 is 0 Å². The molecular weight excluding hydrogens is 266 g/mol. The molecule has 1 atom stereocenters. The van der Waals surface area contributed by atoms with E-state index in [9.17, 15) is 4.79 Å². The highest BCUT2D eigenvalue weighted by molar-refractivity contribution is 5.94. The van der Waals surface area contributed by atoms with Gasteiger partial charge in [0.25, 0.3) is 5.91 Å². The molecule has 1 amide bonds. The van der Waals surface area contributed by atoms with Gasteiger partial charge in [-0.3, -0.25) is 4.79 Å². The summed E-state index contributed by atoms with van der Waals surface area (Å²) >= 11 is 0. The van der Waals surface area contributed by atoms with Gasteiger partial charge in [0, 0.05) is 18.0 Å². The highest BCUT2D eigenvalue weighted by atomic mass is 16.1. The molecule has 1 aliphatic carbocycles. The first-order valence-electron chi connectivity index (χ1n) is 7.08. The summed E-state index contributed by atoms with van der Waals surface area (Å²) < 4.78 is 0. The number of allylic oxidation sites excluding steroid dienone is 1. The van der Waals surface area contributed by atoms with E-state index in [4.69, 9.17) is 0 Å². The van der Waals surface area contributed by atoms with Crippen LogP contribution in [0.3, 0.4) is 0 Å². The second-order valence-corrected chi connectivity index (χ2v) is 5.16. The predicted octanol–water partition coefficient (Wildman–Crippen LogP) is 1.63.